The molecule has 0 aliphatic heterocycles. The van der Waals surface area contributed by atoms with E-state index in [2.05, 4.69) is 23.7 Å². The number of hydrogen-bond donors (Lipinski definition) is 1. The lowest BCUT2D eigenvalue weighted by atomic mass is 10.1. The van der Waals surface area contributed by atoms with Crippen molar-refractivity contribution < 1.29 is 9.90 Å². The van der Waals surface area contributed by atoms with E-state index in [1.807, 2.05) is 18.2 Å². The zero-order valence-corrected chi connectivity index (χ0v) is 20.0. The van der Waals surface area contributed by atoms with Gasteiger partial charge in [0.25, 0.3) is 0 Å². The van der Waals surface area contributed by atoms with Crippen LogP contribution in [-0.4, -0.2) is 32.8 Å². The lowest BCUT2D eigenvalue weighted by molar-refractivity contribution is -0.136. The van der Waals surface area contributed by atoms with Crippen LogP contribution in [0.1, 0.15) is 96.8 Å². The second kappa shape index (κ2) is 19.3. The molecule has 0 amide bonds. The second-order valence-electron chi connectivity index (χ2n) is 7.76. The van der Waals surface area contributed by atoms with Gasteiger partial charge in [-0.1, -0.05) is 95.4 Å². The molecule has 0 aromatic carbocycles. The van der Waals surface area contributed by atoms with Crippen LogP contribution in [-0.2, 0) is 4.79 Å². The Bertz CT molecular complexity index is 499. The van der Waals surface area contributed by atoms with E-state index in [9.17, 15) is 9.90 Å². The van der Waals surface area contributed by atoms with Crippen molar-refractivity contribution in [2.24, 2.45) is 0 Å². The lowest BCUT2D eigenvalue weighted by Gasteiger charge is -2.11. The maximum atomic E-state index is 11.4. The molecule has 29 heavy (non-hydrogen) atoms. The second-order valence-corrected chi connectivity index (χ2v) is 10.2. The van der Waals surface area contributed by atoms with Crippen LogP contribution in [0, 0.1) is 0 Å². The fraction of sp³-hybridized carbons (Fsp3) is 0.750. The molecule has 166 valence electrons. The summed E-state index contributed by atoms with van der Waals surface area (Å²) in [6.45, 7) is 2.27. The zero-order valence-electron chi connectivity index (χ0n) is 18.3. The summed E-state index contributed by atoms with van der Waals surface area (Å²) in [5, 5.41) is 9.83. The van der Waals surface area contributed by atoms with Gasteiger partial charge in [0, 0.05) is 6.20 Å². The Morgan fingerprint density at radius 3 is 2.03 bits per heavy atom. The Hall–Kier alpha value is -0.680. The van der Waals surface area contributed by atoms with Crippen molar-refractivity contribution in [3.05, 3.63) is 24.4 Å². The van der Waals surface area contributed by atoms with Crippen LogP contribution in [0.5, 0.6) is 0 Å². The van der Waals surface area contributed by atoms with E-state index in [1.165, 1.54) is 93.9 Å². The molecule has 3 nitrogen and oxygen atoms in total. The van der Waals surface area contributed by atoms with E-state index in [1.54, 1.807) is 6.20 Å². The number of aliphatic carboxylic acids is 1. The molecule has 0 fully saturated rings. The SMILES string of the molecule is CCCCCCCCSCCCCCCCCCC(Sc1ccccn1)C(=O)O. The summed E-state index contributed by atoms with van der Waals surface area (Å²) in [6.07, 6.45) is 19.5. The van der Waals surface area contributed by atoms with Gasteiger partial charge in [0.15, 0.2) is 0 Å². The number of nitrogens with zero attached hydrogens (tertiary/aromatic N) is 1. The average molecular weight is 440 g/mol. The molecule has 5 heteroatoms. The Morgan fingerprint density at radius 2 is 1.48 bits per heavy atom. The molecule has 1 N–H and O–H groups in total. The summed E-state index contributed by atoms with van der Waals surface area (Å²) in [5.74, 6) is 1.94. The summed E-state index contributed by atoms with van der Waals surface area (Å²) in [4.78, 5) is 15.7. The summed E-state index contributed by atoms with van der Waals surface area (Å²) >= 11 is 3.50. The van der Waals surface area contributed by atoms with E-state index in [0.29, 0.717) is 0 Å². The fourth-order valence-corrected chi connectivity index (χ4v) is 5.28. The highest BCUT2D eigenvalue weighted by atomic mass is 32.2. The number of pyridine rings is 1. The standard InChI is InChI=1S/C24H41NO2S2/c1-2-3-4-5-10-15-20-28-21-16-11-8-6-7-9-12-17-22(24(26)27)29-23-18-13-14-19-25-23/h13-14,18-19,22H,2-12,15-17,20-21H2,1H3,(H,26,27). The molecule has 0 bridgehead atoms. The van der Waals surface area contributed by atoms with Gasteiger partial charge in [0.2, 0.25) is 0 Å². The highest BCUT2D eigenvalue weighted by molar-refractivity contribution is 8.00. The van der Waals surface area contributed by atoms with Crippen LogP contribution in [0.3, 0.4) is 0 Å². The van der Waals surface area contributed by atoms with Crippen molar-refractivity contribution in [2.45, 2.75) is 107 Å². The monoisotopic (exact) mass is 439 g/mol. The summed E-state index contributed by atoms with van der Waals surface area (Å²) in [5.41, 5.74) is 0. The number of rotatable bonds is 20. The van der Waals surface area contributed by atoms with Crippen molar-refractivity contribution in [1.82, 2.24) is 4.98 Å². The highest BCUT2D eigenvalue weighted by Crippen LogP contribution is 2.25. The maximum absolute atomic E-state index is 11.4. The average Bonchev–Trinajstić information content (AvgIpc) is 2.73. The van der Waals surface area contributed by atoms with Crippen LogP contribution >= 0.6 is 23.5 Å². The number of thioether (sulfide) groups is 2. The first-order chi connectivity index (χ1) is 14.2. The first kappa shape index (κ1) is 26.4. The van der Waals surface area contributed by atoms with E-state index < -0.39 is 5.97 Å². The van der Waals surface area contributed by atoms with Crippen LogP contribution in [0.25, 0.3) is 0 Å². The number of aromatic nitrogens is 1. The molecule has 0 saturated heterocycles. The molecule has 0 radical (unpaired) electrons. The number of carboxylic acids is 1. The van der Waals surface area contributed by atoms with Gasteiger partial charge >= 0.3 is 5.97 Å². The quantitative estimate of drug-likeness (QED) is 0.166. The molecular weight excluding hydrogens is 398 g/mol. The third-order valence-electron chi connectivity index (χ3n) is 5.07. The minimum atomic E-state index is -0.723. The molecular formula is C24H41NO2S2. The van der Waals surface area contributed by atoms with Crippen LogP contribution in [0.2, 0.25) is 0 Å². The molecule has 0 aliphatic carbocycles. The Kier molecular flexibility index (Phi) is 17.5. The smallest absolute Gasteiger partial charge is 0.317 e. The molecule has 0 aliphatic rings. The van der Waals surface area contributed by atoms with Gasteiger partial charge in [-0.15, -0.1) is 0 Å². The van der Waals surface area contributed by atoms with Crippen molar-refractivity contribution in [3.8, 4) is 0 Å². The summed E-state index contributed by atoms with van der Waals surface area (Å²) in [7, 11) is 0. The van der Waals surface area contributed by atoms with Crippen LogP contribution in [0.4, 0.5) is 0 Å². The molecule has 0 saturated carbocycles. The zero-order chi connectivity index (χ0) is 21.0. The van der Waals surface area contributed by atoms with E-state index in [-0.39, 0.29) is 5.25 Å². The van der Waals surface area contributed by atoms with E-state index >= 15 is 0 Å². The Balaban J connectivity index is 1.88. The Morgan fingerprint density at radius 1 is 0.897 bits per heavy atom. The largest absolute Gasteiger partial charge is 0.480 e. The molecule has 1 unspecified atom stereocenters. The summed E-state index contributed by atoms with van der Waals surface area (Å²) < 4.78 is 0. The molecule has 0 spiro atoms. The van der Waals surface area contributed by atoms with Gasteiger partial charge in [-0.3, -0.25) is 4.79 Å². The Labute approximate surface area is 187 Å². The normalized spacial score (nSPS) is 12.2. The number of unbranched alkanes of at least 4 members (excludes halogenated alkanes) is 11. The summed E-state index contributed by atoms with van der Waals surface area (Å²) in [6, 6.07) is 5.64. The minimum absolute atomic E-state index is 0.381. The van der Waals surface area contributed by atoms with Crippen molar-refractivity contribution in [1.29, 1.82) is 0 Å². The van der Waals surface area contributed by atoms with Crippen molar-refractivity contribution in [2.75, 3.05) is 11.5 Å². The predicted molar refractivity (Wildman–Crippen MR) is 129 cm³/mol. The molecule has 1 aromatic rings. The minimum Gasteiger partial charge on any atom is -0.480 e. The van der Waals surface area contributed by atoms with E-state index in [0.717, 1.165) is 24.3 Å². The van der Waals surface area contributed by atoms with Crippen molar-refractivity contribution in [3.63, 3.8) is 0 Å². The highest BCUT2D eigenvalue weighted by Gasteiger charge is 2.18. The molecule has 1 rings (SSSR count). The van der Waals surface area contributed by atoms with Crippen LogP contribution in [0.15, 0.2) is 29.4 Å². The first-order valence-electron chi connectivity index (χ1n) is 11.6. The van der Waals surface area contributed by atoms with Gasteiger partial charge in [-0.05, 0) is 42.9 Å². The maximum Gasteiger partial charge on any atom is 0.317 e. The lowest BCUT2D eigenvalue weighted by Crippen LogP contribution is -2.16. The molecule has 1 atom stereocenters. The van der Waals surface area contributed by atoms with Gasteiger partial charge < -0.3 is 5.11 Å². The van der Waals surface area contributed by atoms with Gasteiger partial charge in [-0.2, -0.15) is 11.8 Å². The number of carboxylic acid groups (broad SMARTS) is 1. The molecule has 1 aromatic heterocycles. The molecule has 1 heterocycles. The third kappa shape index (κ3) is 15.8. The topological polar surface area (TPSA) is 50.2 Å². The predicted octanol–water partition coefficient (Wildman–Crippen LogP) is 7.84. The number of hydrogen-bond acceptors (Lipinski definition) is 4. The van der Waals surface area contributed by atoms with Crippen LogP contribution < -0.4 is 0 Å². The van der Waals surface area contributed by atoms with Gasteiger partial charge in [-0.25, -0.2) is 4.98 Å². The van der Waals surface area contributed by atoms with Gasteiger partial charge in [0.05, 0.1) is 5.03 Å². The fourth-order valence-electron chi connectivity index (χ4n) is 3.30. The first-order valence-corrected chi connectivity index (χ1v) is 13.7. The van der Waals surface area contributed by atoms with Crippen molar-refractivity contribution >= 4 is 29.5 Å². The third-order valence-corrected chi connectivity index (χ3v) is 7.43. The van der Waals surface area contributed by atoms with E-state index in [4.69, 9.17) is 0 Å². The van der Waals surface area contributed by atoms with Gasteiger partial charge in [0.1, 0.15) is 5.25 Å². The number of carbonyl (C=O) groups is 1.